The number of likely N-dealkylation sites (tertiary alicyclic amines) is 1. The van der Waals surface area contributed by atoms with Crippen molar-refractivity contribution in [3.05, 3.63) is 24.2 Å². The Bertz CT molecular complexity index is 528. The Balaban J connectivity index is 1.48. The first-order valence-corrected chi connectivity index (χ1v) is 7.89. The van der Waals surface area contributed by atoms with Crippen LogP contribution < -0.4 is 5.32 Å². The quantitative estimate of drug-likeness (QED) is 0.847. The molecule has 3 atom stereocenters. The molecule has 1 aromatic heterocycles. The maximum Gasteiger partial charge on any atom is 0.225 e. The van der Waals surface area contributed by atoms with Crippen LogP contribution in [0.1, 0.15) is 31.4 Å². The summed E-state index contributed by atoms with van der Waals surface area (Å²) in [6.07, 6.45) is 4.31. The summed E-state index contributed by atoms with van der Waals surface area (Å²) in [6.45, 7) is 1.35. The fraction of sp³-hybridized carbons (Fsp3) is 0.625. The molecule has 1 aromatic rings. The van der Waals surface area contributed by atoms with Gasteiger partial charge in [-0.25, -0.2) is 0 Å². The van der Waals surface area contributed by atoms with E-state index >= 15 is 0 Å². The van der Waals surface area contributed by atoms with Crippen LogP contribution in [0.15, 0.2) is 22.8 Å². The number of rotatable bonds is 5. The normalized spacial score (nSPS) is 28.3. The Morgan fingerprint density at radius 3 is 3.00 bits per heavy atom. The number of carbonyl (C=O) groups is 2. The molecular weight excluding hydrogens is 284 g/mol. The van der Waals surface area contributed by atoms with E-state index in [0.717, 1.165) is 25.0 Å². The lowest BCUT2D eigenvalue weighted by Crippen LogP contribution is -2.37. The molecule has 0 aromatic carbocycles. The molecule has 6 nitrogen and oxygen atoms in total. The summed E-state index contributed by atoms with van der Waals surface area (Å²) in [4.78, 5) is 25.9. The molecule has 0 spiro atoms. The Hall–Kier alpha value is -1.82. The van der Waals surface area contributed by atoms with Crippen LogP contribution in [-0.2, 0) is 16.1 Å². The first-order valence-electron chi connectivity index (χ1n) is 7.89. The highest BCUT2D eigenvalue weighted by Gasteiger charge is 2.35. The summed E-state index contributed by atoms with van der Waals surface area (Å²) in [7, 11) is 0. The molecule has 1 aliphatic heterocycles. The van der Waals surface area contributed by atoms with Gasteiger partial charge in [-0.05, 0) is 25.0 Å². The highest BCUT2D eigenvalue weighted by Crippen LogP contribution is 2.25. The van der Waals surface area contributed by atoms with Crippen molar-refractivity contribution in [3.8, 4) is 0 Å². The third-order valence-electron chi connectivity index (χ3n) is 4.67. The molecule has 2 amide bonds. The van der Waals surface area contributed by atoms with E-state index in [2.05, 4.69) is 5.32 Å². The Labute approximate surface area is 129 Å². The summed E-state index contributed by atoms with van der Waals surface area (Å²) < 4.78 is 5.24. The minimum atomic E-state index is -0.305. The molecule has 3 rings (SSSR count). The van der Waals surface area contributed by atoms with Gasteiger partial charge in [0.1, 0.15) is 5.76 Å². The van der Waals surface area contributed by atoms with E-state index in [1.165, 1.54) is 0 Å². The summed E-state index contributed by atoms with van der Waals surface area (Å²) >= 11 is 0. The van der Waals surface area contributed by atoms with Crippen LogP contribution in [0.3, 0.4) is 0 Å². The predicted molar refractivity (Wildman–Crippen MR) is 78.6 cm³/mol. The largest absolute Gasteiger partial charge is 0.467 e. The number of hydrogen-bond donors (Lipinski definition) is 2. The van der Waals surface area contributed by atoms with Crippen molar-refractivity contribution >= 4 is 11.8 Å². The second-order valence-corrected chi connectivity index (χ2v) is 6.26. The Morgan fingerprint density at radius 1 is 1.45 bits per heavy atom. The van der Waals surface area contributed by atoms with E-state index in [9.17, 15) is 14.7 Å². The van der Waals surface area contributed by atoms with Crippen LogP contribution in [0.4, 0.5) is 0 Å². The molecule has 22 heavy (non-hydrogen) atoms. The van der Waals surface area contributed by atoms with Gasteiger partial charge in [0.2, 0.25) is 11.8 Å². The first-order chi connectivity index (χ1) is 10.6. The van der Waals surface area contributed by atoms with Gasteiger partial charge in [-0.3, -0.25) is 9.59 Å². The number of amides is 2. The Morgan fingerprint density at radius 2 is 2.32 bits per heavy atom. The summed E-state index contributed by atoms with van der Waals surface area (Å²) in [5.74, 6) is 0.469. The van der Waals surface area contributed by atoms with Crippen LogP contribution in [0.2, 0.25) is 0 Å². The lowest BCUT2D eigenvalue weighted by Gasteiger charge is -2.17. The van der Waals surface area contributed by atoms with Crippen molar-refractivity contribution in [3.63, 3.8) is 0 Å². The zero-order valence-electron chi connectivity index (χ0n) is 12.5. The lowest BCUT2D eigenvalue weighted by molar-refractivity contribution is -0.129. The van der Waals surface area contributed by atoms with E-state index in [-0.39, 0.29) is 36.2 Å². The zero-order valence-corrected chi connectivity index (χ0v) is 12.5. The topological polar surface area (TPSA) is 82.8 Å². The monoisotopic (exact) mass is 306 g/mol. The number of furan rings is 1. The number of aliphatic hydroxyl groups excluding tert-OH is 1. The molecule has 3 unspecified atom stereocenters. The summed E-state index contributed by atoms with van der Waals surface area (Å²) in [5, 5.41) is 12.7. The van der Waals surface area contributed by atoms with Crippen LogP contribution in [0.25, 0.3) is 0 Å². The van der Waals surface area contributed by atoms with Crippen LogP contribution in [0, 0.1) is 11.8 Å². The van der Waals surface area contributed by atoms with Gasteiger partial charge in [0, 0.05) is 25.4 Å². The van der Waals surface area contributed by atoms with Gasteiger partial charge in [-0.2, -0.15) is 0 Å². The minimum Gasteiger partial charge on any atom is -0.467 e. The van der Waals surface area contributed by atoms with Gasteiger partial charge >= 0.3 is 0 Å². The van der Waals surface area contributed by atoms with Crippen molar-refractivity contribution in [2.75, 3.05) is 13.1 Å². The average Bonchev–Trinajstić information content (AvgIpc) is 3.21. The molecule has 6 heteroatoms. The fourth-order valence-corrected chi connectivity index (χ4v) is 3.32. The van der Waals surface area contributed by atoms with Crippen LogP contribution >= 0.6 is 0 Å². The van der Waals surface area contributed by atoms with E-state index in [1.54, 1.807) is 17.2 Å². The molecule has 0 radical (unpaired) electrons. The number of hydrogen-bond acceptors (Lipinski definition) is 4. The molecule has 2 fully saturated rings. The third-order valence-corrected chi connectivity index (χ3v) is 4.67. The third kappa shape index (κ3) is 3.32. The van der Waals surface area contributed by atoms with E-state index in [1.807, 2.05) is 6.07 Å². The molecular formula is C16H22N2O4. The van der Waals surface area contributed by atoms with Gasteiger partial charge in [-0.1, -0.05) is 6.42 Å². The number of nitrogens with zero attached hydrogens (tertiary/aromatic N) is 1. The lowest BCUT2D eigenvalue weighted by atomic mass is 10.0. The molecule has 0 bridgehead atoms. The zero-order chi connectivity index (χ0) is 15.5. The molecule has 2 heterocycles. The van der Waals surface area contributed by atoms with E-state index in [4.69, 9.17) is 4.42 Å². The molecule has 1 saturated heterocycles. The van der Waals surface area contributed by atoms with Gasteiger partial charge in [0.25, 0.3) is 0 Å². The molecule has 2 N–H and O–H groups in total. The SMILES string of the molecule is O=C(NCC1CCCC1O)C1CC(=O)N(Cc2ccco2)C1. The minimum absolute atomic E-state index is 0.0162. The van der Waals surface area contributed by atoms with Crippen molar-refractivity contribution in [1.29, 1.82) is 0 Å². The van der Waals surface area contributed by atoms with Crippen molar-refractivity contribution in [2.45, 2.75) is 38.3 Å². The smallest absolute Gasteiger partial charge is 0.225 e. The highest BCUT2D eigenvalue weighted by molar-refractivity contribution is 5.89. The molecule has 1 aliphatic carbocycles. The van der Waals surface area contributed by atoms with Crippen LogP contribution in [-0.4, -0.2) is 41.0 Å². The van der Waals surface area contributed by atoms with Gasteiger partial charge < -0.3 is 19.7 Å². The number of nitrogens with one attached hydrogen (secondary N) is 1. The number of aliphatic hydroxyl groups is 1. The maximum atomic E-state index is 12.2. The molecule has 1 saturated carbocycles. The Kier molecular flexibility index (Phi) is 4.47. The second kappa shape index (κ2) is 6.52. The highest BCUT2D eigenvalue weighted by atomic mass is 16.3. The number of carbonyl (C=O) groups excluding carboxylic acids is 2. The van der Waals surface area contributed by atoms with E-state index in [0.29, 0.717) is 19.6 Å². The molecule has 120 valence electrons. The predicted octanol–water partition coefficient (Wildman–Crippen LogP) is 0.905. The molecule has 2 aliphatic rings. The summed E-state index contributed by atoms with van der Waals surface area (Å²) in [5.41, 5.74) is 0. The first kappa shape index (κ1) is 15.1. The summed E-state index contributed by atoms with van der Waals surface area (Å²) in [6, 6.07) is 3.61. The maximum absolute atomic E-state index is 12.2. The average molecular weight is 306 g/mol. The standard InChI is InChI=1S/C16H22N2O4/c19-14-5-1-3-11(14)8-17-16(21)12-7-15(20)18(9-12)10-13-4-2-6-22-13/h2,4,6,11-12,14,19H,1,3,5,7-10H2,(H,17,21). The van der Waals surface area contributed by atoms with E-state index < -0.39 is 0 Å². The van der Waals surface area contributed by atoms with Gasteiger partial charge in [-0.15, -0.1) is 0 Å². The van der Waals surface area contributed by atoms with Crippen LogP contribution in [0.5, 0.6) is 0 Å². The fourth-order valence-electron chi connectivity index (χ4n) is 3.32. The van der Waals surface area contributed by atoms with Gasteiger partial charge in [0.15, 0.2) is 0 Å². The van der Waals surface area contributed by atoms with Crippen molar-refractivity contribution in [1.82, 2.24) is 10.2 Å². The van der Waals surface area contributed by atoms with Crippen molar-refractivity contribution < 1.29 is 19.1 Å². The van der Waals surface area contributed by atoms with Gasteiger partial charge in [0.05, 0.1) is 24.8 Å². The van der Waals surface area contributed by atoms with Crippen molar-refractivity contribution in [2.24, 2.45) is 11.8 Å². The second-order valence-electron chi connectivity index (χ2n) is 6.26.